The van der Waals surface area contributed by atoms with Crippen molar-refractivity contribution in [2.75, 3.05) is 31.1 Å². The average molecular weight is 798 g/mol. The lowest BCUT2D eigenvalue weighted by Gasteiger charge is -2.47. The van der Waals surface area contributed by atoms with Crippen LogP contribution in [0.2, 0.25) is 0 Å². The lowest BCUT2D eigenvalue weighted by atomic mass is 9.74. The molecule has 3 amide bonds. The predicted molar refractivity (Wildman–Crippen MR) is 222 cm³/mol. The van der Waals surface area contributed by atoms with Crippen molar-refractivity contribution in [2.24, 2.45) is 0 Å². The van der Waals surface area contributed by atoms with Crippen LogP contribution in [0.4, 0.5) is 10.1 Å². The zero-order chi connectivity index (χ0) is 41.2. The third-order valence-electron chi connectivity index (χ3n) is 12.4. The van der Waals surface area contributed by atoms with Crippen LogP contribution in [0.15, 0.2) is 65.4 Å². The fourth-order valence-corrected chi connectivity index (χ4v) is 8.94. The number of fused-ring (bicyclic) bond motifs is 3. The monoisotopic (exact) mass is 797 g/mol. The zero-order valence-electron chi connectivity index (χ0n) is 33.9. The average Bonchev–Trinajstić information content (AvgIpc) is 3.85. The smallest absolute Gasteiger partial charge is 0.293 e. The van der Waals surface area contributed by atoms with Crippen LogP contribution in [0.3, 0.4) is 0 Å². The van der Waals surface area contributed by atoms with E-state index in [1.54, 1.807) is 13.0 Å². The Bertz CT molecular complexity index is 2600. The van der Waals surface area contributed by atoms with Gasteiger partial charge in [0, 0.05) is 66.2 Å². The number of aromatic nitrogens is 5. The van der Waals surface area contributed by atoms with E-state index in [-0.39, 0.29) is 23.6 Å². The summed E-state index contributed by atoms with van der Waals surface area (Å²) < 4.78 is 21.4. The maximum atomic E-state index is 16.1. The van der Waals surface area contributed by atoms with Gasteiger partial charge < -0.3 is 19.7 Å². The van der Waals surface area contributed by atoms with Crippen molar-refractivity contribution in [2.45, 2.75) is 89.6 Å². The molecule has 3 aliphatic rings. The third-order valence-corrected chi connectivity index (χ3v) is 12.4. The van der Waals surface area contributed by atoms with Crippen molar-refractivity contribution >= 4 is 45.3 Å². The minimum Gasteiger partial charge on any atom is -0.369 e. The maximum absolute atomic E-state index is 16.1. The summed E-state index contributed by atoms with van der Waals surface area (Å²) in [5.74, 6) is -0.774. The second kappa shape index (κ2) is 15.0. The van der Waals surface area contributed by atoms with Gasteiger partial charge in [-0.25, -0.2) is 14.4 Å². The molecule has 3 N–H and O–H groups in total. The summed E-state index contributed by atoms with van der Waals surface area (Å²) in [5.41, 5.74) is 6.84. The molecule has 0 bridgehead atoms. The number of rotatable bonds is 8. The summed E-state index contributed by atoms with van der Waals surface area (Å²) in [6, 6.07) is 18.1. The molecule has 2 saturated heterocycles. The van der Waals surface area contributed by atoms with Crippen LogP contribution < -0.4 is 15.5 Å². The van der Waals surface area contributed by atoms with E-state index in [9.17, 15) is 14.4 Å². The van der Waals surface area contributed by atoms with E-state index in [0.29, 0.717) is 53.2 Å². The Morgan fingerprint density at radius 1 is 0.983 bits per heavy atom. The number of anilines is 1. The molecule has 3 aromatic carbocycles. The standard InChI is InChI=1S/C45H48FN9O4/c1-24-18-34(35(46)22-33(24)25(2)49-43(58)41-52-44(59-53-41)45(3,4)5)39-38-32-11-10-29(21-36(32)50-40(38)48-23-47-39)54-14-16-55(17-15-54)30-19-28(20-30)26-6-8-27(9-7-26)31-12-13-37(56)51-42(31)57/h6-11,18,21-23,25,28,30-31H,12-17,19-20H2,1-5H3,(H,49,58)(H,47,48,50)(H,51,56,57)/t25-,28?,30?,31-/m1/s1. The molecule has 5 heterocycles. The molecule has 0 unspecified atom stereocenters. The number of imide groups is 1. The fourth-order valence-electron chi connectivity index (χ4n) is 8.94. The number of piperidine rings is 1. The van der Waals surface area contributed by atoms with Gasteiger partial charge in [0.15, 0.2) is 0 Å². The SMILES string of the molecule is Cc1cc(-c2ncnc3[nH]c4cc(N5CCN(C6CC(c7ccc([C@H]8CCC(=O)NC8=O)cc7)C6)CC5)ccc4c23)c(F)cc1[C@@H](C)NC(=O)c1noc(C(C)(C)C)n1. The molecule has 304 valence electrons. The topological polar surface area (TPSA) is 162 Å². The van der Waals surface area contributed by atoms with Gasteiger partial charge in [-0.1, -0.05) is 56.3 Å². The van der Waals surface area contributed by atoms with Gasteiger partial charge in [-0.15, -0.1) is 0 Å². The number of amides is 3. The van der Waals surface area contributed by atoms with Gasteiger partial charge in [0.2, 0.25) is 17.7 Å². The number of benzene rings is 3. The summed E-state index contributed by atoms with van der Waals surface area (Å²) in [5, 5.41) is 10.8. The van der Waals surface area contributed by atoms with Gasteiger partial charge in [-0.2, -0.15) is 4.98 Å². The zero-order valence-corrected chi connectivity index (χ0v) is 33.9. The van der Waals surface area contributed by atoms with Gasteiger partial charge in [0.25, 0.3) is 11.7 Å². The molecule has 14 heteroatoms. The second-order valence-corrected chi connectivity index (χ2v) is 17.4. The quantitative estimate of drug-likeness (QED) is 0.137. The molecule has 1 saturated carbocycles. The number of hydrogen-bond donors (Lipinski definition) is 3. The minimum atomic E-state index is -0.523. The summed E-state index contributed by atoms with van der Waals surface area (Å²) in [7, 11) is 0. The van der Waals surface area contributed by atoms with Crippen LogP contribution >= 0.6 is 0 Å². The number of carbonyl (C=O) groups is 3. The van der Waals surface area contributed by atoms with E-state index < -0.39 is 23.2 Å². The fraction of sp³-hybridized carbons (Fsp3) is 0.400. The van der Waals surface area contributed by atoms with E-state index >= 15 is 4.39 Å². The Morgan fingerprint density at radius 2 is 1.73 bits per heavy atom. The van der Waals surface area contributed by atoms with Gasteiger partial charge in [0.05, 0.1) is 23.0 Å². The van der Waals surface area contributed by atoms with E-state index in [1.165, 1.54) is 18.0 Å². The predicted octanol–water partition coefficient (Wildman–Crippen LogP) is 6.99. The largest absolute Gasteiger partial charge is 0.369 e. The Morgan fingerprint density at radius 3 is 2.44 bits per heavy atom. The molecule has 13 nitrogen and oxygen atoms in total. The van der Waals surface area contributed by atoms with Crippen molar-refractivity contribution in [3.63, 3.8) is 0 Å². The molecule has 0 radical (unpaired) electrons. The molecular weight excluding hydrogens is 750 g/mol. The summed E-state index contributed by atoms with van der Waals surface area (Å²) in [6.07, 6.45) is 4.66. The van der Waals surface area contributed by atoms with Crippen LogP contribution in [-0.4, -0.2) is 79.9 Å². The molecule has 9 rings (SSSR count). The first-order valence-corrected chi connectivity index (χ1v) is 20.4. The third kappa shape index (κ3) is 7.34. The Balaban J connectivity index is 0.846. The van der Waals surface area contributed by atoms with Crippen molar-refractivity contribution in [3.05, 3.63) is 101 Å². The highest BCUT2D eigenvalue weighted by Crippen LogP contribution is 2.41. The number of H-pyrrole nitrogens is 1. The van der Waals surface area contributed by atoms with Gasteiger partial charge >= 0.3 is 0 Å². The number of aromatic amines is 1. The van der Waals surface area contributed by atoms with Crippen molar-refractivity contribution in [1.29, 1.82) is 0 Å². The van der Waals surface area contributed by atoms with Gasteiger partial charge in [-0.3, -0.25) is 24.6 Å². The highest BCUT2D eigenvalue weighted by atomic mass is 19.1. The highest BCUT2D eigenvalue weighted by Gasteiger charge is 2.36. The summed E-state index contributed by atoms with van der Waals surface area (Å²) in [6.45, 7) is 13.3. The van der Waals surface area contributed by atoms with Crippen molar-refractivity contribution < 1.29 is 23.3 Å². The molecule has 1 aliphatic carbocycles. The summed E-state index contributed by atoms with van der Waals surface area (Å²) in [4.78, 5) is 58.7. The number of aryl methyl sites for hydroxylation is 1. The lowest BCUT2D eigenvalue weighted by Crippen LogP contribution is -2.53. The number of nitrogens with one attached hydrogen (secondary N) is 3. The van der Waals surface area contributed by atoms with Crippen molar-refractivity contribution in [3.8, 4) is 11.3 Å². The van der Waals surface area contributed by atoms with Gasteiger partial charge in [0.1, 0.15) is 17.8 Å². The van der Waals surface area contributed by atoms with Crippen LogP contribution in [0.1, 0.15) is 110 Å². The Hall–Kier alpha value is -6.02. The molecule has 59 heavy (non-hydrogen) atoms. The molecule has 3 aromatic heterocycles. The second-order valence-electron chi connectivity index (χ2n) is 17.4. The minimum absolute atomic E-state index is 0.0674. The molecule has 2 atom stereocenters. The molecule has 6 aromatic rings. The van der Waals surface area contributed by atoms with Gasteiger partial charge in [-0.05, 0) is 85.5 Å². The Labute approximate surface area is 341 Å². The molecular formula is C45H48FN9O4. The van der Waals surface area contributed by atoms with E-state index in [0.717, 1.165) is 72.1 Å². The summed E-state index contributed by atoms with van der Waals surface area (Å²) >= 11 is 0. The van der Waals surface area contributed by atoms with Crippen LogP contribution in [0, 0.1) is 12.7 Å². The van der Waals surface area contributed by atoms with Crippen molar-refractivity contribution in [1.82, 2.24) is 40.6 Å². The van der Waals surface area contributed by atoms with Crippen LogP contribution in [-0.2, 0) is 15.0 Å². The first-order valence-electron chi connectivity index (χ1n) is 20.4. The first-order chi connectivity index (χ1) is 28.3. The van der Waals surface area contributed by atoms with E-state index in [4.69, 9.17) is 4.52 Å². The number of piperazine rings is 1. The number of hydrogen-bond acceptors (Lipinski definition) is 10. The molecule has 2 aliphatic heterocycles. The highest BCUT2D eigenvalue weighted by molar-refractivity contribution is 6.12. The number of carbonyl (C=O) groups excluding carboxylic acids is 3. The number of halogens is 1. The molecule has 0 spiro atoms. The van der Waals surface area contributed by atoms with Crippen LogP contribution in [0.5, 0.6) is 0 Å². The molecule has 3 fully saturated rings. The normalized spacial score (nSPS) is 20.8. The van der Waals surface area contributed by atoms with E-state index in [1.807, 2.05) is 27.7 Å². The number of nitrogens with zero attached hydrogens (tertiary/aromatic N) is 6. The van der Waals surface area contributed by atoms with E-state index in [2.05, 4.69) is 88.0 Å². The maximum Gasteiger partial charge on any atom is 0.293 e. The Kier molecular flexibility index (Phi) is 9.77. The first kappa shape index (κ1) is 38.5. The lowest BCUT2D eigenvalue weighted by molar-refractivity contribution is -0.134. The van der Waals surface area contributed by atoms with Crippen LogP contribution in [0.25, 0.3) is 33.2 Å².